The van der Waals surface area contributed by atoms with Crippen LogP contribution in [0.15, 0.2) is 18.3 Å². The lowest BCUT2D eigenvalue weighted by molar-refractivity contribution is 0.102. The topological polar surface area (TPSA) is 88.5 Å². The van der Waals surface area contributed by atoms with E-state index in [1.807, 2.05) is 30.7 Å². The monoisotopic (exact) mass is 368 g/mol. The zero-order valence-corrected chi connectivity index (χ0v) is 17.1. The Morgan fingerprint density at radius 2 is 1.89 bits per heavy atom. The Hall–Kier alpha value is -2.70. The van der Waals surface area contributed by atoms with Crippen LogP contribution in [0, 0.1) is 0 Å². The zero-order valence-electron chi connectivity index (χ0n) is 17.1. The summed E-state index contributed by atoms with van der Waals surface area (Å²) < 4.78 is 1.85. The van der Waals surface area contributed by atoms with Crippen LogP contribution in [0.4, 0.5) is 5.82 Å². The Morgan fingerprint density at radius 1 is 1.19 bits per heavy atom. The fraction of sp³-hybridized carbons (Fsp3) is 0.500. The maximum Gasteiger partial charge on any atom is 0.257 e. The third kappa shape index (κ3) is 3.72. The number of pyridine rings is 1. The minimum atomic E-state index is -0.209. The SMILES string of the molecule is CC(C)c1cc(C(=O)Nc2cc(C(C)(C)C)[nH]n2)c2cnn(C(C)C)c2n1. The van der Waals surface area contributed by atoms with E-state index in [1.54, 1.807) is 6.20 Å². The fourth-order valence-electron chi connectivity index (χ4n) is 2.85. The molecule has 0 saturated heterocycles. The molecular formula is C20H28N6O. The molecule has 0 atom stereocenters. The van der Waals surface area contributed by atoms with Gasteiger partial charge in [0.2, 0.25) is 0 Å². The van der Waals surface area contributed by atoms with Crippen molar-refractivity contribution in [3.63, 3.8) is 0 Å². The Morgan fingerprint density at radius 3 is 2.44 bits per heavy atom. The molecule has 3 aromatic rings. The molecule has 3 heterocycles. The van der Waals surface area contributed by atoms with Crippen molar-refractivity contribution in [1.29, 1.82) is 0 Å². The van der Waals surface area contributed by atoms with E-state index in [4.69, 9.17) is 4.98 Å². The zero-order chi connectivity index (χ0) is 19.9. The molecule has 3 aromatic heterocycles. The van der Waals surface area contributed by atoms with Crippen molar-refractivity contribution in [3.8, 4) is 0 Å². The molecule has 0 spiro atoms. The van der Waals surface area contributed by atoms with Crippen LogP contribution in [0.3, 0.4) is 0 Å². The highest BCUT2D eigenvalue weighted by molar-refractivity contribution is 6.11. The molecule has 0 radical (unpaired) electrons. The van der Waals surface area contributed by atoms with Gasteiger partial charge < -0.3 is 5.32 Å². The van der Waals surface area contributed by atoms with Crippen molar-refractivity contribution in [2.24, 2.45) is 0 Å². The Balaban J connectivity index is 2.02. The summed E-state index contributed by atoms with van der Waals surface area (Å²) in [5, 5.41) is 15.3. The summed E-state index contributed by atoms with van der Waals surface area (Å²) in [6, 6.07) is 3.89. The van der Waals surface area contributed by atoms with Crippen LogP contribution in [0.1, 0.15) is 82.2 Å². The van der Waals surface area contributed by atoms with Crippen molar-refractivity contribution in [1.82, 2.24) is 25.0 Å². The summed E-state index contributed by atoms with van der Waals surface area (Å²) in [4.78, 5) is 17.8. The predicted octanol–water partition coefficient (Wildman–Crippen LogP) is 4.41. The number of H-pyrrole nitrogens is 1. The van der Waals surface area contributed by atoms with Crippen LogP contribution in [0.5, 0.6) is 0 Å². The van der Waals surface area contributed by atoms with Gasteiger partial charge in [0, 0.05) is 28.9 Å². The quantitative estimate of drug-likeness (QED) is 0.714. The van der Waals surface area contributed by atoms with Crippen molar-refractivity contribution >= 4 is 22.8 Å². The number of aromatic nitrogens is 5. The van der Waals surface area contributed by atoms with Gasteiger partial charge in [-0.3, -0.25) is 9.89 Å². The van der Waals surface area contributed by atoms with Crippen LogP contribution in [0.25, 0.3) is 11.0 Å². The van der Waals surface area contributed by atoms with Gasteiger partial charge in [0.05, 0.1) is 17.1 Å². The van der Waals surface area contributed by atoms with E-state index in [-0.39, 0.29) is 23.3 Å². The summed E-state index contributed by atoms with van der Waals surface area (Å²) in [6.45, 7) is 14.5. The number of nitrogens with zero attached hydrogens (tertiary/aromatic N) is 4. The van der Waals surface area contributed by atoms with E-state index < -0.39 is 0 Å². The van der Waals surface area contributed by atoms with Crippen LogP contribution in [-0.2, 0) is 5.41 Å². The first-order valence-corrected chi connectivity index (χ1v) is 9.33. The average molecular weight is 368 g/mol. The van der Waals surface area contributed by atoms with Gasteiger partial charge in [-0.05, 0) is 25.8 Å². The molecule has 1 amide bonds. The van der Waals surface area contributed by atoms with Gasteiger partial charge in [-0.1, -0.05) is 34.6 Å². The van der Waals surface area contributed by atoms with Crippen LogP contribution in [0.2, 0.25) is 0 Å². The van der Waals surface area contributed by atoms with E-state index in [0.717, 1.165) is 22.4 Å². The molecule has 0 unspecified atom stereocenters. The minimum Gasteiger partial charge on any atom is -0.305 e. The Kier molecular flexibility index (Phi) is 4.80. The first-order valence-electron chi connectivity index (χ1n) is 9.33. The second-order valence-corrected chi connectivity index (χ2v) is 8.54. The summed E-state index contributed by atoms with van der Waals surface area (Å²) >= 11 is 0. The minimum absolute atomic E-state index is 0.0663. The maximum absolute atomic E-state index is 13.0. The maximum atomic E-state index is 13.0. The molecule has 0 bridgehead atoms. The van der Waals surface area contributed by atoms with Gasteiger partial charge in [-0.25, -0.2) is 9.67 Å². The molecule has 0 fully saturated rings. The van der Waals surface area contributed by atoms with Gasteiger partial charge in [0.15, 0.2) is 11.5 Å². The number of hydrogen-bond donors (Lipinski definition) is 2. The standard InChI is InChI=1S/C20H28N6O/c1-11(2)15-8-13(14-10-21-26(12(3)4)18(14)22-15)19(27)23-17-9-16(24-25-17)20(5,6)7/h8-12H,1-7H3,(H2,23,24,25,27). The Bertz CT molecular complexity index is 974. The van der Waals surface area contributed by atoms with Crippen molar-refractivity contribution in [3.05, 3.63) is 35.3 Å². The highest BCUT2D eigenvalue weighted by atomic mass is 16.1. The van der Waals surface area contributed by atoms with E-state index >= 15 is 0 Å². The molecule has 7 nitrogen and oxygen atoms in total. The number of hydrogen-bond acceptors (Lipinski definition) is 4. The van der Waals surface area contributed by atoms with Crippen molar-refractivity contribution < 1.29 is 4.79 Å². The highest BCUT2D eigenvalue weighted by Gasteiger charge is 2.21. The second kappa shape index (κ2) is 6.79. The van der Waals surface area contributed by atoms with Gasteiger partial charge in [0.25, 0.3) is 5.91 Å². The summed E-state index contributed by atoms with van der Waals surface area (Å²) in [5.74, 6) is 0.506. The van der Waals surface area contributed by atoms with Gasteiger partial charge in [0.1, 0.15) is 0 Å². The molecule has 0 aliphatic heterocycles. The van der Waals surface area contributed by atoms with Gasteiger partial charge >= 0.3 is 0 Å². The number of rotatable bonds is 4. The van der Waals surface area contributed by atoms with E-state index in [0.29, 0.717) is 11.4 Å². The smallest absolute Gasteiger partial charge is 0.257 e. The average Bonchev–Trinajstić information content (AvgIpc) is 3.19. The van der Waals surface area contributed by atoms with Crippen LogP contribution in [-0.4, -0.2) is 30.9 Å². The predicted molar refractivity (Wildman–Crippen MR) is 107 cm³/mol. The van der Waals surface area contributed by atoms with E-state index in [9.17, 15) is 4.79 Å². The lowest BCUT2D eigenvalue weighted by Gasteiger charge is -2.14. The van der Waals surface area contributed by atoms with Crippen LogP contribution >= 0.6 is 0 Å². The number of carbonyl (C=O) groups is 1. The molecule has 0 saturated carbocycles. The number of aromatic amines is 1. The van der Waals surface area contributed by atoms with Crippen molar-refractivity contribution in [2.75, 3.05) is 5.32 Å². The lowest BCUT2D eigenvalue weighted by atomic mass is 9.92. The third-order valence-corrected chi connectivity index (χ3v) is 4.54. The fourth-order valence-corrected chi connectivity index (χ4v) is 2.85. The first-order chi connectivity index (χ1) is 12.6. The molecule has 27 heavy (non-hydrogen) atoms. The molecule has 2 N–H and O–H groups in total. The van der Waals surface area contributed by atoms with Crippen LogP contribution < -0.4 is 5.32 Å². The number of anilines is 1. The number of fused-ring (bicyclic) bond motifs is 1. The number of amides is 1. The molecule has 0 aliphatic carbocycles. The van der Waals surface area contributed by atoms with Gasteiger partial charge in [-0.15, -0.1) is 0 Å². The molecule has 0 aliphatic rings. The molecule has 0 aromatic carbocycles. The molecule has 144 valence electrons. The highest BCUT2D eigenvalue weighted by Crippen LogP contribution is 2.26. The third-order valence-electron chi connectivity index (χ3n) is 4.54. The second-order valence-electron chi connectivity index (χ2n) is 8.54. The Labute approximate surface area is 159 Å². The van der Waals surface area contributed by atoms with E-state index in [1.165, 1.54) is 0 Å². The summed E-state index contributed by atoms with van der Waals surface area (Å²) in [6.07, 6.45) is 1.71. The number of carbonyl (C=O) groups excluding carboxylic acids is 1. The summed E-state index contributed by atoms with van der Waals surface area (Å²) in [5.41, 5.74) is 3.07. The summed E-state index contributed by atoms with van der Waals surface area (Å²) in [7, 11) is 0. The first kappa shape index (κ1) is 19.1. The molecular weight excluding hydrogens is 340 g/mol. The van der Waals surface area contributed by atoms with Gasteiger partial charge in [-0.2, -0.15) is 10.2 Å². The largest absolute Gasteiger partial charge is 0.305 e. The molecule has 7 heteroatoms. The van der Waals surface area contributed by atoms with Crippen molar-refractivity contribution in [2.45, 2.75) is 65.8 Å². The normalized spacial score (nSPS) is 12.3. The number of nitrogens with one attached hydrogen (secondary N) is 2. The van der Waals surface area contributed by atoms with E-state index in [2.05, 4.69) is 55.2 Å². The lowest BCUT2D eigenvalue weighted by Crippen LogP contribution is -2.14. The molecule has 3 rings (SSSR count).